The number of fused-ring (bicyclic) bond motifs is 1. The van der Waals surface area contributed by atoms with Crippen molar-refractivity contribution < 1.29 is 22.7 Å². The molecule has 2 aromatic carbocycles. The van der Waals surface area contributed by atoms with Crippen molar-refractivity contribution in [1.29, 1.82) is 0 Å². The maximum Gasteiger partial charge on any atom is 0.397 e. The first kappa shape index (κ1) is 19.9. The molecule has 1 aromatic heterocycles. The topological polar surface area (TPSA) is 51.2 Å². The minimum atomic E-state index is -4.48. The summed E-state index contributed by atoms with van der Waals surface area (Å²) < 4.78 is 45.4. The van der Waals surface area contributed by atoms with E-state index in [0.717, 1.165) is 0 Å². The zero-order valence-electron chi connectivity index (χ0n) is 14.5. The third kappa shape index (κ3) is 4.72. The molecular weight excluding hydrogens is 393 g/mol. The van der Waals surface area contributed by atoms with E-state index in [0.29, 0.717) is 21.7 Å². The number of nitrogens with zero attached hydrogens (tertiary/aromatic N) is 1. The summed E-state index contributed by atoms with van der Waals surface area (Å²) in [6.45, 7) is -1.01. The molecule has 1 amide bonds. The molecule has 146 valence electrons. The van der Waals surface area contributed by atoms with Gasteiger partial charge in [-0.1, -0.05) is 41.9 Å². The summed E-state index contributed by atoms with van der Waals surface area (Å²) in [5.41, 5.74) is 0.560. The van der Waals surface area contributed by atoms with E-state index < -0.39 is 31.2 Å². The Morgan fingerprint density at radius 1 is 1.11 bits per heavy atom. The molecule has 1 atom stereocenters. The van der Waals surface area contributed by atoms with Gasteiger partial charge in [0.1, 0.15) is 11.3 Å². The largest absolute Gasteiger partial charge is 0.481 e. The van der Waals surface area contributed by atoms with Gasteiger partial charge in [0.25, 0.3) is 5.91 Å². The number of hydrogen-bond donors (Lipinski definition) is 1. The minimum absolute atomic E-state index is 0.0871. The Morgan fingerprint density at radius 2 is 1.86 bits per heavy atom. The van der Waals surface area contributed by atoms with Crippen LogP contribution in [-0.4, -0.2) is 30.2 Å². The van der Waals surface area contributed by atoms with Crippen LogP contribution in [0.1, 0.15) is 11.5 Å². The minimum Gasteiger partial charge on any atom is -0.481 e. The fourth-order valence-electron chi connectivity index (χ4n) is 2.75. The quantitative estimate of drug-likeness (QED) is 0.641. The van der Waals surface area contributed by atoms with Crippen LogP contribution < -0.4 is 10.1 Å². The molecule has 28 heavy (non-hydrogen) atoms. The number of carbonyl (C=O) groups is 1. The van der Waals surface area contributed by atoms with E-state index in [1.54, 1.807) is 36.5 Å². The Labute approximate surface area is 164 Å². The summed E-state index contributed by atoms with van der Waals surface area (Å²) >= 11 is 6.10. The lowest BCUT2D eigenvalue weighted by Gasteiger charge is -2.21. The molecule has 0 saturated heterocycles. The van der Waals surface area contributed by atoms with Gasteiger partial charge in [-0.25, -0.2) is 0 Å². The van der Waals surface area contributed by atoms with Crippen LogP contribution >= 0.6 is 11.6 Å². The van der Waals surface area contributed by atoms with Crippen molar-refractivity contribution in [2.75, 3.05) is 13.2 Å². The van der Waals surface area contributed by atoms with Crippen LogP contribution in [0, 0.1) is 0 Å². The second-order valence-corrected chi connectivity index (χ2v) is 6.45. The number of hydrogen-bond acceptors (Lipinski definition) is 3. The van der Waals surface area contributed by atoms with Crippen LogP contribution in [0.25, 0.3) is 10.9 Å². The number of rotatable bonds is 6. The number of halogens is 4. The van der Waals surface area contributed by atoms with Gasteiger partial charge in [0, 0.05) is 18.1 Å². The number of alkyl halides is 3. The molecule has 0 aliphatic carbocycles. The summed E-state index contributed by atoms with van der Waals surface area (Å²) in [7, 11) is 0. The van der Waals surface area contributed by atoms with Gasteiger partial charge in [-0.15, -0.1) is 0 Å². The second kappa shape index (κ2) is 8.48. The first-order valence-corrected chi connectivity index (χ1v) is 8.78. The number of amides is 1. The summed E-state index contributed by atoms with van der Waals surface area (Å²) in [4.78, 5) is 16.2. The van der Waals surface area contributed by atoms with Gasteiger partial charge in [-0.3, -0.25) is 9.78 Å². The first-order valence-electron chi connectivity index (χ1n) is 8.40. The molecule has 8 heteroatoms. The van der Waals surface area contributed by atoms with Crippen molar-refractivity contribution in [2.24, 2.45) is 0 Å². The molecule has 0 spiro atoms. The van der Waals surface area contributed by atoms with Gasteiger partial charge in [-0.05, 0) is 29.8 Å². The number of ether oxygens (including phenoxy) is 1. The normalized spacial score (nSPS) is 12.6. The Kier molecular flexibility index (Phi) is 6.04. The smallest absolute Gasteiger partial charge is 0.397 e. The third-order valence-corrected chi connectivity index (χ3v) is 4.47. The highest BCUT2D eigenvalue weighted by molar-refractivity contribution is 6.35. The van der Waals surface area contributed by atoms with Crippen LogP contribution in [0.2, 0.25) is 5.02 Å². The fourth-order valence-corrected chi connectivity index (χ4v) is 2.96. The number of pyridine rings is 1. The second-order valence-electron chi connectivity index (χ2n) is 6.04. The Morgan fingerprint density at radius 3 is 2.57 bits per heavy atom. The zero-order valence-corrected chi connectivity index (χ0v) is 15.3. The summed E-state index contributed by atoms with van der Waals surface area (Å²) in [6.07, 6.45) is -2.93. The maximum atomic E-state index is 13.3. The molecule has 4 nitrogen and oxygen atoms in total. The fraction of sp³-hybridized carbons (Fsp3) is 0.200. The third-order valence-electron chi connectivity index (χ3n) is 4.14. The van der Waals surface area contributed by atoms with Crippen molar-refractivity contribution in [1.82, 2.24) is 10.3 Å². The summed E-state index contributed by atoms with van der Waals surface area (Å²) in [5, 5.41) is 3.43. The van der Waals surface area contributed by atoms with Crippen LogP contribution in [0.15, 0.2) is 60.8 Å². The lowest BCUT2D eigenvalue weighted by molar-refractivity contribution is -0.150. The Hall–Kier alpha value is -2.80. The van der Waals surface area contributed by atoms with Gasteiger partial charge < -0.3 is 10.1 Å². The lowest BCUT2D eigenvalue weighted by Crippen LogP contribution is -2.37. The molecule has 1 heterocycles. The lowest BCUT2D eigenvalue weighted by atomic mass is 9.98. The highest BCUT2D eigenvalue weighted by Crippen LogP contribution is 2.34. The molecule has 0 aliphatic rings. The molecule has 0 saturated carbocycles. The van der Waals surface area contributed by atoms with E-state index >= 15 is 0 Å². The molecule has 1 N–H and O–H groups in total. The highest BCUT2D eigenvalue weighted by Gasteiger charge is 2.40. The van der Waals surface area contributed by atoms with Crippen LogP contribution in [0.4, 0.5) is 13.2 Å². The monoisotopic (exact) mass is 408 g/mol. The Bertz CT molecular complexity index is 965. The number of aromatic nitrogens is 1. The van der Waals surface area contributed by atoms with E-state index in [9.17, 15) is 18.0 Å². The van der Waals surface area contributed by atoms with Crippen molar-refractivity contribution in [3.63, 3.8) is 0 Å². The molecule has 1 unspecified atom stereocenters. The standard InChI is InChI=1S/C20H16ClF3N2O2/c21-16-8-9-17(19-14(16)7-4-10-25-19)28-12-18(27)26-11-15(20(22,23)24)13-5-2-1-3-6-13/h1-10,15H,11-12H2,(H,26,27). The predicted octanol–water partition coefficient (Wildman–Crippen LogP) is 4.73. The molecule has 3 aromatic rings. The molecule has 3 rings (SSSR count). The van der Waals surface area contributed by atoms with Crippen molar-refractivity contribution >= 4 is 28.4 Å². The predicted molar refractivity (Wildman–Crippen MR) is 100 cm³/mol. The van der Waals surface area contributed by atoms with Gasteiger partial charge in [0.2, 0.25) is 0 Å². The molecule has 0 aliphatic heterocycles. The van der Waals surface area contributed by atoms with E-state index in [1.165, 1.54) is 24.3 Å². The van der Waals surface area contributed by atoms with Crippen LogP contribution in [-0.2, 0) is 4.79 Å². The SMILES string of the molecule is O=C(COc1ccc(Cl)c2cccnc12)NCC(c1ccccc1)C(F)(F)F. The highest BCUT2D eigenvalue weighted by atomic mass is 35.5. The first-order chi connectivity index (χ1) is 13.4. The average Bonchev–Trinajstić information content (AvgIpc) is 2.68. The van der Waals surface area contributed by atoms with Crippen LogP contribution in [0.5, 0.6) is 5.75 Å². The van der Waals surface area contributed by atoms with E-state index in [-0.39, 0.29) is 5.56 Å². The van der Waals surface area contributed by atoms with E-state index in [4.69, 9.17) is 16.3 Å². The number of nitrogens with one attached hydrogen (secondary N) is 1. The van der Waals surface area contributed by atoms with E-state index in [2.05, 4.69) is 10.3 Å². The van der Waals surface area contributed by atoms with Crippen molar-refractivity contribution in [3.8, 4) is 5.75 Å². The molecular formula is C20H16ClF3N2O2. The van der Waals surface area contributed by atoms with Gasteiger partial charge >= 0.3 is 6.18 Å². The summed E-state index contributed by atoms with van der Waals surface area (Å²) in [5.74, 6) is -2.13. The van der Waals surface area contributed by atoms with Crippen molar-refractivity contribution in [2.45, 2.75) is 12.1 Å². The maximum absolute atomic E-state index is 13.3. The van der Waals surface area contributed by atoms with Crippen molar-refractivity contribution in [3.05, 3.63) is 71.4 Å². The molecule has 0 radical (unpaired) electrons. The average molecular weight is 409 g/mol. The zero-order chi connectivity index (χ0) is 20.1. The van der Waals surface area contributed by atoms with Crippen LogP contribution in [0.3, 0.4) is 0 Å². The number of carbonyl (C=O) groups excluding carboxylic acids is 1. The van der Waals surface area contributed by atoms with Gasteiger partial charge in [-0.2, -0.15) is 13.2 Å². The number of benzene rings is 2. The molecule has 0 fully saturated rings. The van der Waals surface area contributed by atoms with Gasteiger partial charge in [0.05, 0.1) is 10.9 Å². The Balaban J connectivity index is 1.64. The van der Waals surface area contributed by atoms with E-state index in [1.807, 2.05) is 0 Å². The molecule has 0 bridgehead atoms. The summed E-state index contributed by atoms with van der Waals surface area (Å²) in [6, 6.07) is 14.1. The van der Waals surface area contributed by atoms with Gasteiger partial charge in [0.15, 0.2) is 6.61 Å².